The molecule has 34 heavy (non-hydrogen) atoms. The van der Waals surface area contributed by atoms with E-state index in [1.165, 1.54) is 6.42 Å². The van der Waals surface area contributed by atoms with Gasteiger partial charge in [-0.15, -0.1) is 0 Å². The molecule has 4 fully saturated rings. The topological polar surface area (TPSA) is 124 Å². The molecule has 0 aromatic heterocycles. The molecule has 4 saturated carbocycles. The van der Waals surface area contributed by atoms with Crippen molar-refractivity contribution in [3.8, 4) is 0 Å². The van der Waals surface area contributed by atoms with Gasteiger partial charge in [0.2, 0.25) is 5.91 Å². The van der Waals surface area contributed by atoms with E-state index in [2.05, 4.69) is 26.1 Å². The Kier molecular flexibility index (Phi) is 7.47. The predicted octanol–water partition coefficient (Wildman–Crippen LogP) is 3.40. The van der Waals surface area contributed by atoms with Gasteiger partial charge in [0.05, 0.1) is 18.0 Å². The number of rotatable bonds is 7. The summed E-state index contributed by atoms with van der Waals surface area (Å²) in [6.45, 7) is 7.05. The maximum absolute atomic E-state index is 12.2. The van der Waals surface area contributed by atoms with Crippen molar-refractivity contribution in [1.82, 2.24) is 5.32 Å². The van der Waals surface area contributed by atoms with Gasteiger partial charge in [0, 0.05) is 13.0 Å². The number of aliphatic hydroxyl groups excluding tert-OH is 2. The fraction of sp³-hybridized carbons (Fsp3) is 0.962. The van der Waals surface area contributed by atoms with Crippen LogP contribution in [0.2, 0.25) is 0 Å². The molecule has 8 heteroatoms. The van der Waals surface area contributed by atoms with Crippen LogP contribution in [0, 0.1) is 46.3 Å². The molecule has 0 saturated heterocycles. The first-order valence-corrected chi connectivity index (χ1v) is 15.0. The number of carbonyl (C=O) groups excluding carboxylic acids is 1. The van der Waals surface area contributed by atoms with E-state index >= 15 is 0 Å². The minimum absolute atomic E-state index is 0.0625. The minimum atomic E-state index is -4.06. The molecule has 0 heterocycles. The highest BCUT2D eigenvalue weighted by atomic mass is 32.2. The Bertz CT molecular complexity index is 863. The zero-order chi connectivity index (χ0) is 24.9. The summed E-state index contributed by atoms with van der Waals surface area (Å²) in [6, 6.07) is 0. The van der Waals surface area contributed by atoms with Crippen LogP contribution in [0.4, 0.5) is 0 Å². The summed E-state index contributed by atoms with van der Waals surface area (Å²) in [4.78, 5) is 12.2. The van der Waals surface area contributed by atoms with Crippen LogP contribution in [0.15, 0.2) is 0 Å². The molecule has 4 aliphatic rings. The number of carbonyl (C=O) groups is 1. The SMILES string of the molecule is CC(CCC(=O)NCCS(=O)(=O)O)C1CCC2C3C(CC[C@]12C)[C@@]1(C)CC[C@@H](O)C[C@H]1C[C@@H]3O. The average Bonchev–Trinajstić information content (AvgIpc) is 3.09. The molecule has 0 aromatic carbocycles. The maximum atomic E-state index is 12.2. The zero-order valence-electron chi connectivity index (χ0n) is 21.1. The van der Waals surface area contributed by atoms with E-state index in [-0.39, 0.29) is 35.5 Å². The van der Waals surface area contributed by atoms with Crippen LogP contribution in [-0.2, 0) is 14.9 Å². The summed E-state index contributed by atoms with van der Waals surface area (Å²) in [5.41, 5.74) is 0.411. The summed E-state index contributed by atoms with van der Waals surface area (Å²) in [5.74, 6) is 2.10. The van der Waals surface area contributed by atoms with Crippen LogP contribution in [-0.4, -0.2) is 53.6 Å². The average molecular weight is 500 g/mol. The van der Waals surface area contributed by atoms with E-state index in [0.717, 1.165) is 51.4 Å². The van der Waals surface area contributed by atoms with E-state index in [1.54, 1.807) is 0 Å². The summed E-state index contributed by atoms with van der Waals surface area (Å²) < 4.78 is 30.5. The highest BCUT2D eigenvalue weighted by Crippen LogP contribution is 2.68. The van der Waals surface area contributed by atoms with Crippen molar-refractivity contribution in [2.24, 2.45) is 46.3 Å². The Morgan fingerprint density at radius 1 is 1.03 bits per heavy atom. The van der Waals surface area contributed by atoms with E-state index in [4.69, 9.17) is 4.55 Å². The van der Waals surface area contributed by atoms with Gasteiger partial charge >= 0.3 is 0 Å². The third kappa shape index (κ3) is 4.94. The van der Waals surface area contributed by atoms with Crippen LogP contribution in [0.25, 0.3) is 0 Å². The quantitative estimate of drug-likeness (QED) is 0.398. The molecule has 1 amide bonds. The second kappa shape index (κ2) is 9.64. The Labute approximate surface area is 205 Å². The number of hydrogen-bond acceptors (Lipinski definition) is 5. The molecule has 196 valence electrons. The largest absolute Gasteiger partial charge is 0.393 e. The van der Waals surface area contributed by atoms with Crippen LogP contribution >= 0.6 is 0 Å². The molecule has 0 bridgehead atoms. The molecular weight excluding hydrogens is 454 g/mol. The molecule has 5 unspecified atom stereocenters. The van der Waals surface area contributed by atoms with Crippen molar-refractivity contribution in [3.05, 3.63) is 0 Å². The van der Waals surface area contributed by atoms with Crippen molar-refractivity contribution in [1.29, 1.82) is 0 Å². The predicted molar refractivity (Wildman–Crippen MR) is 130 cm³/mol. The van der Waals surface area contributed by atoms with Gasteiger partial charge in [-0.3, -0.25) is 9.35 Å². The first-order chi connectivity index (χ1) is 15.8. The number of amides is 1. The van der Waals surface area contributed by atoms with Crippen LogP contribution in [0.1, 0.15) is 85.0 Å². The molecule has 4 N–H and O–H groups in total. The van der Waals surface area contributed by atoms with Crippen molar-refractivity contribution in [2.75, 3.05) is 12.3 Å². The van der Waals surface area contributed by atoms with Crippen molar-refractivity contribution in [3.63, 3.8) is 0 Å². The summed E-state index contributed by atoms with van der Waals surface area (Å²) in [6.07, 6.45) is 8.87. The Balaban J connectivity index is 1.39. The molecule has 10 atom stereocenters. The fourth-order valence-electron chi connectivity index (χ4n) is 9.14. The van der Waals surface area contributed by atoms with E-state index < -0.39 is 15.9 Å². The van der Waals surface area contributed by atoms with Gasteiger partial charge in [-0.05, 0) is 104 Å². The second-order valence-electron chi connectivity index (χ2n) is 12.6. The fourth-order valence-corrected chi connectivity index (χ4v) is 9.50. The molecule has 0 aromatic rings. The van der Waals surface area contributed by atoms with E-state index in [1.807, 2.05) is 0 Å². The molecule has 0 aliphatic heterocycles. The summed E-state index contributed by atoms with van der Waals surface area (Å²) in [7, 11) is -4.06. The number of fused-ring (bicyclic) bond motifs is 5. The second-order valence-corrected chi connectivity index (χ2v) is 14.2. The van der Waals surface area contributed by atoms with Crippen molar-refractivity contribution in [2.45, 2.75) is 97.2 Å². The third-order valence-electron chi connectivity index (χ3n) is 10.9. The zero-order valence-corrected chi connectivity index (χ0v) is 21.9. The standard InChI is InChI=1S/C26H45NO6S/c1-16(4-7-23(30)27-12-13-34(31,32)33)19-5-6-20-24-21(9-11-26(19,20)3)25(2)10-8-18(28)14-17(25)15-22(24)29/h16-22,24,28-29H,4-15H2,1-3H3,(H,27,30)(H,31,32,33)/t16?,17-,18+,19?,20?,21?,22-,24?,25-,26+/m0/s1. The highest BCUT2D eigenvalue weighted by Gasteiger charge is 2.62. The summed E-state index contributed by atoms with van der Waals surface area (Å²) in [5, 5.41) is 24.2. The third-order valence-corrected chi connectivity index (χ3v) is 11.6. The lowest BCUT2D eigenvalue weighted by molar-refractivity contribution is -0.174. The van der Waals surface area contributed by atoms with Crippen LogP contribution in [0.5, 0.6) is 0 Å². The van der Waals surface area contributed by atoms with E-state index in [0.29, 0.717) is 41.9 Å². The van der Waals surface area contributed by atoms with Gasteiger partial charge in [-0.25, -0.2) is 0 Å². The lowest BCUT2D eigenvalue weighted by Gasteiger charge is -2.62. The maximum Gasteiger partial charge on any atom is 0.266 e. The van der Waals surface area contributed by atoms with Crippen LogP contribution in [0.3, 0.4) is 0 Å². The molecular formula is C26H45NO6S. The first-order valence-electron chi connectivity index (χ1n) is 13.4. The Morgan fingerprint density at radius 2 is 1.71 bits per heavy atom. The number of hydrogen-bond donors (Lipinski definition) is 4. The Morgan fingerprint density at radius 3 is 2.41 bits per heavy atom. The van der Waals surface area contributed by atoms with Gasteiger partial charge in [-0.2, -0.15) is 8.42 Å². The Hall–Kier alpha value is -0.700. The summed E-state index contributed by atoms with van der Waals surface area (Å²) >= 11 is 0. The lowest BCUT2D eigenvalue weighted by atomic mass is 9.43. The van der Waals surface area contributed by atoms with Gasteiger partial charge < -0.3 is 15.5 Å². The van der Waals surface area contributed by atoms with Gasteiger partial charge in [0.1, 0.15) is 0 Å². The number of aliphatic hydroxyl groups is 2. The van der Waals surface area contributed by atoms with Gasteiger partial charge in [-0.1, -0.05) is 20.8 Å². The van der Waals surface area contributed by atoms with Crippen molar-refractivity contribution < 1.29 is 28.0 Å². The highest BCUT2D eigenvalue weighted by molar-refractivity contribution is 7.85. The minimum Gasteiger partial charge on any atom is -0.393 e. The first kappa shape index (κ1) is 26.4. The van der Waals surface area contributed by atoms with Crippen molar-refractivity contribution >= 4 is 16.0 Å². The van der Waals surface area contributed by atoms with E-state index in [9.17, 15) is 23.4 Å². The molecule has 0 spiro atoms. The van der Waals surface area contributed by atoms with Crippen LogP contribution < -0.4 is 5.32 Å². The molecule has 7 nitrogen and oxygen atoms in total. The molecule has 0 radical (unpaired) electrons. The normalized spacial score (nSPS) is 45.1. The number of nitrogens with one attached hydrogen (secondary N) is 1. The smallest absolute Gasteiger partial charge is 0.266 e. The lowest BCUT2D eigenvalue weighted by Crippen LogP contribution is -2.58. The monoisotopic (exact) mass is 499 g/mol. The van der Waals surface area contributed by atoms with Gasteiger partial charge in [0.25, 0.3) is 10.1 Å². The molecule has 4 aliphatic carbocycles. The molecule has 4 rings (SSSR count). The van der Waals surface area contributed by atoms with Gasteiger partial charge in [0.15, 0.2) is 0 Å².